The molecule has 0 saturated heterocycles. The van der Waals surface area contributed by atoms with E-state index in [2.05, 4.69) is 15.3 Å². The maximum atomic E-state index is 12.9. The van der Waals surface area contributed by atoms with Crippen LogP contribution in [-0.2, 0) is 12.4 Å². The zero-order valence-electron chi connectivity index (χ0n) is 17.0. The lowest BCUT2D eigenvalue weighted by Gasteiger charge is -2.13. The van der Waals surface area contributed by atoms with Crippen LogP contribution in [0.1, 0.15) is 27.2 Å². The van der Waals surface area contributed by atoms with Crippen molar-refractivity contribution in [3.63, 3.8) is 0 Å². The summed E-state index contributed by atoms with van der Waals surface area (Å²) in [5, 5.41) is 12.9. The maximum absolute atomic E-state index is 12.9. The summed E-state index contributed by atoms with van der Waals surface area (Å²) < 4.78 is 10.7. The Morgan fingerprint density at radius 3 is 2.70 bits per heavy atom. The number of hydrogen-bond acceptors (Lipinski definition) is 7. The van der Waals surface area contributed by atoms with E-state index in [1.165, 1.54) is 11.8 Å². The number of aliphatic hydroxyl groups is 1. The van der Waals surface area contributed by atoms with Gasteiger partial charge in [-0.3, -0.25) is 9.78 Å². The van der Waals surface area contributed by atoms with E-state index in [4.69, 9.17) is 9.47 Å². The number of methoxy groups -OCH3 is 2. The van der Waals surface area contributed by atoms with E-state index >= 15 is 0 Å². The summed E-state index contributed by atoms with van der Waals surface area (Å²) in [5.41, 5.74) is 3.31. The van der Waals surface area contributed by atoms with Crippen LogP contribution in [0, 0.1) is 6.92 Å². The van der Waals surface area contributed by atoms with Crippen molar-refractivity contribution in [2.75, 3.05) is 19.5 Å². The summed E-state index contributed by atoms with van der Waals surface area (Å²) in [6.45, 7) is 1.62. The largest absolute Gasteiger partial charge is 0.497 e. The number of benzene rings is 1. The smallest absolute Gasteiger partial charge is 0.258 e. The molecule has 0 aliphatic carbocycles. The average molecular weight is 426 g/mol. The van der Waals surface area contributed by atoms with E-state index in [9.17, 15) is 9.90 Å². The van der Waals surface area contributed by atoms with E-state index in [0.717, 1.165) is 11.1 Å². The number of thioether (sulfide) groups is 1. The fourth-order valence-electron chi connectivity index (χ4n) is 2.86. The van der Waals surface area contributed by atoms with Crippen LogP contribution >= 0.6 is 11.8 Å². The van der Waals surface area contributed by atoms with Gasteiger partial charge in [-0.1, -0.05) is 6.07 Å². The van der Waals surface area contributed by atoms with Crippen LogP contribution in [-0.4, -0.2) is 35.2 Å². The van der Waals surface area contributed by atoms with E-state index in [1.807, 2.05) is 25.1 Å². The van der Waals surface area contributed by atoms with Gasteiger partial charge in [0, 0.05) is 35.5 Å². The molecular weight excluding hydrogens is 402 g/mol. The number of ether oxygens (including phenoxy) is 2. The van der Waals surface area contributed by atoms with E-state index in [1.54, 1.807) is 44.8 Å². The molecule has 0 radical (unpaired) electrons. The first-order valence-electron chi connectivity index (χ1n) is 9.22. The second-order valence-corrected chi connectivity index (χ2v) is 7.33. The van der Waals surface area contributed by atoms with Gasteiger partial charge in [0.05, 0.1) is 32.1 Å². The molecule has 0 spiro atoms. The lowest BCUT2D eigenvalue weighted by molar-refractivity contribution is 0.102. The Labute approximate surface area is 179 Å². The Kier molecular flexibility index (Phi) is 7.26. The molecule has 1 amide bonds. The number of nitrogens with one attached hydrogen (secondary N) is 1. The molecule has 1 aromatic carbocycles. The highest BCUT2D eigenvalue weighted by Crippen LogP contribution is 2.31. The Morgan fingerprint density at radius 1 is 1.13 bits per heavy atom. The van der Waals surface area contributed by atoms with Crippen LogP contribution < -0.4 is 14.8 Å². The summed E-state index contributed by atoms with van der Waals surface area (Å²) in [4.78, 5) is 21.4. The molecule has 2 heterocycles. The van der Waals surface area contributed by atoms with Crippen molar-refractivity contribution >= 4 is 23.4 Å². The quantitative estimate of drug-likeness (QED) is 0.530. The molecule has 2 aromatic heterocycles. The molecule has 0 saturated carbocycles. The van der Waals surface area contributed by atoms with Crippen LogP contribution in [0.2, 0.25) is 0 Å². The normalized spacial score (nSPS) is 10.5. The van der Waals surface area contributed by atoms with Crippen LogP contribution in [0.5, 0.6) is 11.5 Å². The summed E-state index contributed by atoms with van der Waals surface area (Å²) in [6, 6.07) is 10.8. The molecule has 0 atom stereocenters. The SMILES string of the molecule is COc1ccc(CSc2ncccc2C(=O)Nc2ccnc(CO)c2C)c(OC)c1. The summed E-state index contributed by atoms with van der Waals surface area (Å²) in [7, 11) is 3.22. The predicted molar refractivity (Wildman–Crippen MR) is 116 cm³/mol. The fraction of sp³-hybridized carbons (Fsp3) is 0.227. The van der Waals surface area contributed by atoms with Gasteiger partial charge in [0.15, 0.2) is 0 Å². The molecule has 0 aliphatic rings. The van der Waals surface area contributed by atoms with Crippen LogP contribution in [0.25, 0.3) is 0 Å². The monoisotopic (exact) mass is 425 g/mol. The van der Waals surface area contributed by atoms with Crippen molar-refractivity contribution in [2.45, 2.75) is 24.3 Å². The molecule has 3 rings (SSSR count). The van der Waals surface area contributed by atoms with Crippen molar-refractivity contribution in [3.8, 4) is 11.5 Å². The molecule has 2 N–H and O–H groups in total. The first kappa shape index (κ1) is 21.6. The number of pyridine rings is 2. The lowest BCUT2D eigenvalue weighted by atomic mass is 10.1. The number of aromatic nitrogens is 2. The van der Waals surface area contributed by atoms with Gasteiger partial charge in [-0.15, -0.1) is 11.8 Å². The van der Waals surface area contributed by atoms with E-state index in [0.29, 0.717) is 39.2 Å². The van der Waals surface area contributed by atoms with E-state index in [-0.39, 0.29) is 12.5 Å². The Morgan fingerprint density at radius 2 is 1.97 bits per heavy atom. The molecule has 0 aliphatic heterocycles. The third kappa shape index (κ3) is 4.90. The molecule has 0 unspecified atom stereocenters. The van der Waals surface area contributed by atoms with Gasteiger partial charge in [-0.05, 0) is 36.8 Å². The van der Waals surface area contributed by atoms with E-state index < -0.39 is 0 Å². The highest BCUT2D eigenvalue weighted by Gasteiger charge is 2.16. The zero-order chi connectivity index (χ0) is 21.5. The second kappa shape index (κ2) is 10.1. The highest BCUT2D eigenvalue weighted by atomic mass is 32.2. The number of rotatable bonds is 8. The topological polar surface area (TPSA) is 93.6 Å². The van der Waals surface area contributed by atoms with Crippen molar-refractivity contribution < 1.29 is 19.4 Å². The van der Waals surface area contributed by atoms with Gasteiger partial charge >= 0.3 is 0 Å². The average Bonchev–Trinajstić information content (AvgIpc) is 2.79. The van der Waals surface area contributed by atoms with Gasteiger partial charge < -0.3 is 19.9 Å². The van der Waals surface area contributed by atoms with Gasteiger partial charge in [0.1, 0.15) is 16.5 Å². The predicted octanol–water partition coefficient (Wildman–Crippen LogP) is 3.84. The zero-order valence-corrected chi connectivity index (χ0v) is 17.8. The van der Waals surface area contributed by atoms with Crippen LogP contribution in [0.4, 0.5) is 5.69 Å². The van der Waals surface area contributed by atoms with Crippen molar-refractivity contribution in [3.05, 3.63) is 71.2 Å². The van der Waals surface area contributed by atoms with Gasteiger partial charge in [-0.2, -0.15) is 0 Å². The number of carbonyl (C=O) groups excluding carboxylic acids is 1. The molecule has 156 valence electrons. The third-order valence-electron chi connectivity index (χ3n) is 4.58. The minimum atomic E-state index is -0.273. The number of hydrogen-bond donors (Lipinski definition) is 2. The first-order valence-corrected chi connectivity index (χ1v) is 10.2. The molecule has 0 fully saturated rings. The minimum absolute atomic E-state index is 0.187. The van der Waals surface area contributed by atoms with Crippen molar-refractivity contribution in [1.29, 1.82) is 0 Å². The lowest BCUT2D eigenvalue weighted by Crippen LogP contribution is -2.15. The molecule has 8 heteroatoms. The van der Waals surface area contributed by atoms with Crippen molar-refractivity contribution in [1.82, 2.24) is 9.97 Å². The highest BCUT2D eigenvalue weighted by molar-refractivity contribution is 7.98. The number of aliphatic hydroxyl groups excluding tert-OH is 1. The van der Waals surface area contributed by atoms with Crippen LogP contribution in [0.15, 0.2) is 53.8 Å². The Bertz CT molecular complexity index is 1040. The minimum Gasteiger partial charge on any atom is -0.497 e. The molecular formula is C22H23N3O4S. The number of nitrogens with zero attached hydrogens (tertiary/aromatic N) is 2. The Hall–Kier alpha value is -3.10. The summed E-state index contributed by atoms with van der Waals surface area (Å²) in [6.07, 6.45) is 3.22. The molecule has 30 heavy (non-hydrogen) atoms. The fourth-order valence-corrected chi connectivity index (χ4v) is 3.84. The van der Waals surface area contributed by atoms with Gasteiger partial charge in [-0.25, -0.2) is 4.98 Å². The summed E-state index contributed by atoms with van der Waals surface area (Å²) in [5.74, 6) is 1.74. The number of anilines is 1. The first-order chi connectivity index (χ1) is 14.6. The maximum Gasteiger partial charge on any atom is 0.258 e. The van der Waals surface area contributed by atoms with Gasteiger partial charge in [0.2, 0.25) is 0 Å². The van der Waals surface area contributed by atoms with Gasteiger partial charge in [0.25, 0.3) is 5.91 Å². The third-order valence-corrected chi connectivity index (χ3v) is 5.63. The Balaban J connectivity index is 1.79. The van der Waals surface area contributed by atoms with Crippen LogP contribution in [0.3, 0.4) is 0 Å². The molecule has 7 nitrogen and oxygen atoms in total. The molecule has 0 bridgehead atoms. The number of carbonyl (C=O) groups is 1. The second-order valence-electron chi connectivity index (χ2n) is 6.37. The standard InChI is InChI=1S/C22H23N3O4S/c1-14-18(8-10-23-19(14)12-26)25-21(27)17-5-4-9-24-22(17)30-13-15-6-7-16(28-2)11-20(15)29-3/h4-11,26H,12-13H2,1-3H3,(H,23,25,27). The number of amides is 1. The molecule has 3 aromatic rings. The summed E-state index contributed by atoms with van der Waals surface area (Å²) >= 11 is 1.45. The van der Waals surface area contributed by atoms with Crippen molar-refractivity contribution in [2.24, 2.45) is 0 Å².